The van der Waals surface area contributed by atoms with Gasteiger partial charge in [0.15, 0.2) is 0 Å². The van der Waals surface area contributed by atoms with Crippen LogP contribution in [0, 0.1) is 0 Å². The zero-order chi connectivity index (χ0) is 17.1. The van der Waals surface area contributed by atoms with E-state index >= 15 is 0 Å². The lowest BCUT2D eigenvalue weighted by Crippen LogP contribution is -2.31. The second-order valence-corrected chi connectivity index (χ2v) is 9.34. The normalized spacial score (nSPS) is 12.6. The Morgan fingerprint density at radius 3 is 2.14 bits per heavy atom. The van der Waals surface area contributed by atoms with Crippen LogP contribution in [-0.2, 0) is 9.47 Å². The topological polar surface area (TPSA) is 18.5 Å². The van der Waals surface area contributed by atoms with Crippen molar-refractivity contribution in [1.29, 1.82) is 0 Å². The maximum atomic E-state index is 12.1. The highest BCUT2D eigenvalue weighted by Crippen LogP contribution is 2.21. The predicted molar refractivity (Wildman–Crippen MR) is 88.1 cm³/mol. The van der Waals surface area contributed by atoms with Crippen molar-refractivity contribution in [2.75, 3.05) is 19.8 Å². The zero-order valence-corrected chi connectivity index (χ0v) is 14.9. The van der Waals surface area contributed by atoms with Gasteiger partial charge in [0, 0.05) is 22.0 Å². The SMILES string of the molecule is C=CC[SiH](CC=C)CCCOCCC(C)(C)OCC(F)(F)F. The van der Waals surface area contributed by atoms with E-state index in [-0.39, 0.29) is 0 Å². The summed E-state index contributed by atoms with van der Waals surface area (Å²) >= 11 is 0. The first-order chi connectivity index (χ1) is 10.2. The fourth-order valence-electron chi connectivity index (χ4n) is 2.05. The van der Waals surface area contributed by atoms with Crippen molar-refractivity contribution in [2.45, 2.75) is 56.6 Å². The summed E-state index contributed by atoms with van der Waals surface area (Å²) in [6.07, 6.45) is 1.10. The summed E-state index contributed by atoms with van der Waals surface area (Å²) in [5.74, 6) is 0. The Balaban J connectivity index is 3.74. The summed E-state index contributed by atoms with van der Waals surface area (Å²) in [6.45, 7) is 10.7. The van der Waals surface area contributed by atoms with Gasteiger partial charge < -0.3 is 9.47 Å². The third-order valence-electron chi connectivity index (χ3n) is 3.38. The molecule has 0 aromatic carbocycles. The first kappa shape index (κ1) is 21.4. The van der Waals surface area contributed by atoms with Crippen molar-refractivity contribution in [2.24, 2.45) is 0 Å². The third-order valence-corrected chi connectivity index (χ3v) is 6.60. The second kappa shape index (κ2) is 11.0. The lowest BCUT2D eigenvalue weighted by molar-refractivity contribution is -0.202. The van der Waals surface area contributed by atoms with Crippen LogP contribution in [-0.4, -0.2) is 40.4 Å². The molecule has 0 bridgehead atoms. The molecular weight excluding hydrogens is 309 g/mol. The van der Waals surface area contributed by atoms with Gasteiger partial charge in [-0.1, -0.05) is 18.2 Å². The van der Waals surface area contributed by atoms with Crippen molar-refractivity contribution in [1.82, 2.24) is 0 Å². The summed E-state index contributed by atoms with van der Waals surface area (Å²) in [4.78, 5) is 0. The van der Waals surface area contributed by atoms with E-state index in [9.17, 15) is 13.2 Å². The Labute approximate surface area is 134 Å². The molecule has 22 heavy (non-hydrogen) atoms. The molecule has 0 heterocycles. The molecule has 0 unspecified atom stereocenters. The molecule has 0 atom stereocenters. The number of halogens is 3. The Bertz CT molecular complexity index is 307. The van der Waals surface area contributed by atoms with E-state index in [1.54, 1.807) is 13.8 Å². The second-order valence-electron chi connectivity index (χ2n) is 6.08. The molecule has 0 aliphatic rings. The Kier molecular flexibility index (Phi) is 10.7. The molecule has 0 aliphatic heterocycles. The first-order valence-electron chi connectivity index (χ1n) is 7.70. The largest absolute Gasteiger partial charge is 0.411 e. The lowest BCUT2D eigenvalue weighted by atomic mass is 10.1. The van der Waals surface area contributed by atoms with Crippen LogP contribution in [0.4, 0.5) is 13.2 Å². The third kappa shape index (κ3) is 13.1. The summed E-state index contributed by atoms with van der Waals surface area (Å²) in [5.41, 5.74) is -0.821. The van der Waals surface area contributed by atoms with Crippen molar-refractivity contribution in [3.63, 3.8) is 0 Å². The zero-order valence-electron chi connectivity index (χ0n) is 13.8. The van der Waals surface area contributed by atoms with Crippen molar-refractivity contribution in [3.8, 4) is 0 Å². The number of hydrogen-bond acceptors (Lipinski definition) is 2. The van der Waals surface area contributed by atoms with E-state index in [2.05, 4.69) is 13.2 Å². The van der Waals surface area contributed by atoms with Gasteiger partial charge in [-0.05, 0) is 38.8 Å². The predicted octanol–water partition coefficient (Wildman–Crippen LogP) is 4.74. The number of allylic oxidation sites excluding steroid dienone is 2. The molecular formula is C16H29F3O2Si. The monoisotopic (exact) mass is 338 g/mol. The minimum Gasteiger partial charge on any atom is -0.381 e. The standard InChI is InChI=1S/C16H29F3O2Si/c1-5-11-22(12-6-2)13-7-9-20-10-8-15(3,4)21-14-16(17,18)19/h5-6,22H,1-2,7-14H2,3-4H3. The molecule has 0 radical (unpaired) electrons. The Hall–Kier alpha value is -0.593. The van der Waals surface area contributed by atoms with Crippen LogP contribution in [0.25, 0.3) is 0 Å². The molecule has 0 rings (SSSR count). The highest BCUT2D eigenvalue weighted by atomic mass is 28.3. The highest BCUT2D eigenvalue weighted by Gasteiger charge is 2.31. The molecule has 0 aromatic rings. The molecule has 0 N–H and O–H groups in total. The van der Waals surface area contributed by atoms with E-state index < -0.39 is 27.2 Å². The van der Waals surface area contributed by atoms with E-state index in [1.807, 2.05) is 12.2 Å². The lowest BCUT2D eigenvalue weighted by Gasteiger charge is -2.26. The fourth-order valence-corrected chi connectivity index (χ4v) is 4.40. The Morgan fingerprint density at radius 2 is 1.64 bits per heavy atom. The fraction of sp³-hybridized carbons (Fsp3) is 0.750. The van der Waals surface area contributed by atoms with Crippen LogP contribution in [0.5, 0.6) is 0 Å². The molecule has 2 nitrogen and oxygen atoms in total. The summed E-state index contributed by atoms with van der Waals surface area (Å²) < 4.78 is 46.7. The van der Waals surface area contributed by atoms with E-state index in [1.165, 1.54) is 6.04 Å². The van der Waals surface area contributed by atoms with Crippen LogP contribution in [0.1, 0.15) is 26.7 Å². The summed E-state index contributed by atoms with van der Waals surface area (Å²) in [5, 5.41) is 0. The highest BCUT2D eigenvalue weighted by molar-refractivity contribution is 6.59. The molecule has 0 saturated carbocycles. The summed E-state index contributed by atoms with van der Waals surface area (Å²) in [6, 6.07) is 3.38. The maximum absolute atomic E-state index is 12.1. The van der Waals surface area contributed by atoms with Gasteiger partial charge in [-0.15, -0.1) is 13.2 Å². The van der Waals surface area contributed by atoms with Crippen LogP contribution in [0.15, 0.2) is 25.3 Å². The smallest absolute Gasteiger partial charge is 0.381 e. The number of ether oxygens (including phenoxy) is 2. The van der Waals surface area contributed by atoms with Crippen molar-refractivity contribution < 1.29 is 22.6 Å². The minimum atomic E-state index is -4.28. The van der Waals surface area contributed by atoms with Crippen LogP contribution in [0.2, 0.25) is 18.1 Å². The van der Waals surface area contributed by atoms with Crippen molar-refractivity contribution in [3.05, 3.63) is 25.3 Å². The van der Waals surface area contributed by atoms with Gasteiger partial charge in [-0.3, -0.25) is 0 Å². The van der Waals surface area contributed by atoms with Gasteiger partial charge in [0.2, 0.25) is 0 Å². The van der Waals surface area contributed by atoms with E-state index in [0.717, 1.165) is 18.5 Å². The Morgan fingerprint density at radius 1 is 1.05 bits per heavy atom. The maximum Gasteiger partial charge on any atom is 0.411 e. The molecule has 0 saturated heterocycles. The average molecular weight is 338 g/mol. The van der Waals surface area contributed by atoms with Crippen molar-refractivity contribution >= 4 is 8.80 Å². The molecule has 6 heteroatoms. The quantitative estimate of drug-likeness (QED) is 0.274. The van der Waals surface area contributed by atoms with Gasteiger partial charge in [-0.25, -0.2) is 0 Å². The van der Waals surface area contributed by atoms with E-state index in [4.69, 9.17) is 9.47 Å². The molecule has 0 amide bonds. The molecule has 130 valence electrons. The van der Waals surface area contributed by atoms with Gasteiger partial charge in [0.1, 0.15) is 6.61 Å². The molecule has 0 fully saturated rings. The van der Waals surface area contributed by atoms with Gasteiger partial charge in [0.05, 0.1) is 5.60 Å². The number of alkyl halides is 3. The molecule has 0 aromatic heterocycles. The number of rotatable bonds is 13. The average Bonchev–Trinajstić information content (AvgIpc) is 2.40. The molecule has 0 aliphatic carbocycles. The van der Waals surface area contributed by atoms with E-state index in [0.29, 0.717) is 19.6 Å². The minimum absolute atomic E-state index is 0.417. The van der Waals surface area contributed by atoms with Crippen LogP contribution < -0.4 is 0 Å². The summed E-state index contributed by atoms with van der Waals surface area (Å²) in [7, 11) is -0.815. The molecule has 0 spiro atoms. The van der Waals surface area contributed by atoms with Gasteiger partial charge >= 0.3 is 6.18 Å². The number of hydrogen-bond donors (Lipinski definition) is 0. The van der Waals surface area contributed by atoms with Gasteiger partial charge in [0.25, 0.3) is 0 Å². The van der Waals surface area contributed by atoms with Crippen LogP contribution >= 0.6 is 0 Å². The van der Waals surface area contributed by atoms with Gasteiger partial charge in [-0.2, -0.15) is 13.2 Å². The first-order valence-corrected chi connectivity index (χ1v) is 10.2. The van der Waals surface area contributed by atoms with Crippen LogP contribution in [0.3, 0.4) is 0 Å².